The van der Waals surface area contributed by atoms with Gasteiger partial charge in [0.05, 0.1) is 30.7 Å². The number of benzene rings is 2. The van der Waals surface area contributed by atoms with E-state index in [4.69, 9.17) is 9.47 Å². The van der Waals surface area contributed by atoms with Crippen molar-refractivity contribution in [1.29, 1.82) is 0 Å². The molecule has 188 valence electrons. The zero-order valence-electron chi connectivity index (χ0n) is 20.2. The van der Waals surface area contributed by atoms with Crippen LogP contribution in [0.4, 0.5) is 17.1 Å². The molecule has 0 aliphatic carbocycles. The molecule has 1 aromatic heterocycles. The van der Waals surface area contributed by atoms with E-state index in [1.54, 1.807) is 4.90 Å². The van der Waals surface area contributed by atoms with E-state index < -0.39 is 0 Å². The Balaban J connectivity index is 1.20. The van der Waals surface area contributed by atoms with Gasteiger partial charge in [-0.3, -0.25) is 14.5 Å². The van der Waals surface area contributed by atoms with Gasteiger partial charge < -0.3 is 24.3 Å². The summed E-state index contributed by atoms with van der Waals surface area (Å²) in [5, 5.41) is 12.1. The summed E-state index contributed by atoms with van der Waals surface area (Å²) in [5.41, 5.74) is 2.57. The molecule has 2 aromatic carbocycles. The molecule has 36 heavy (non-hydrogen) atoms. The number of carbonyl (C=O) groups is 2. The number of ether oxygens (including phenoxy) is 2. The molecule has 0 spiro atoms. The first-order chi connectivity index (χ1) is 17.5. The van der Waals surface area contributed by atoms with Crippen LogP contribution in [0, 0.1) is 0 Å². The Hall–Kier alpha value is -3.57. The van der Waals surface area contributed by atoms with E-state index in [-0.39, 0.29) is 30.2 Å². The molecular weight excluding hydrogens is 480 g/mol. The highest BCUT2D eigenvalue weighted by Crippen LogP contribution is 2.37. The Morgan fingerprint density at radius 1 is 1.11 bits per heavy atom. The number of para-hydroxylation sites is 2. The fourth-order valence-corrected chi connectivity index (χ4v) is 5.10. The number of nitrogens with one attached hydrogen (secondary N) is 1. The predicted octanol–water partition coefficient (Wildman–Crippen LogP) is 2.87. The SMILES string of the molecule is C[C@H](c1nnc(SCC(=O)Nc2ccc(N3CCOCC3)cc2)n1C)N1C(=O)COc2ccccc21. The average molecular weight is 509 g/mol. The molecule has 1 saturated heterocycles. The van der Waals surface area contributed by atoms with Gasteiger partial charge in [-0.15, -0.1) is 10.2 Å². The standard InChI is InChI=1S/C25H28N6O4S/c1-17(31-20-5-3-4-6-21(20)35-15-23(31)33)24-27-28-25(29(24)2)36-16-22(32)26-18-7-9-19(10-8-18)30-11-13-34-14-12-30/h3-10,17H,11-16H2,1-2H3,(H,26,32)/t17-/m1/s1. The van der Waals surface area contributed by atoms with Gasteiger partial charge in [-0.05, 0) is 43.3 Å². The molecule has 1 atom stereocenters. The summed E-state index contributed by atoms with van der Waals surface area (Å²) in [6, 6.07) is 14.9. The third kappa shape index (κ3) is 5.02. The van der Waals surface area contributed by atoms with Crippen molar-refractivity contribution in [2.75, 3.05) is 53.8 Å². The highest BCUT2D eigenvalue weighted by molar-refractivity contribution is 7.99. The second-order valence-electron chi connectivity index (χ2n) is 8.58. The molecule has 1 N–H and O–H groups in total. The van der Waals surface area contributed by atoms with Crippen molar-refractivity contribution < 1.29 is 19.1 Å². The van der Waals surface area contributed by atoms with Crippen LogP contribution in [-0.2, 0) is 21.4 Å². The van der Waals surface area contributed by atoms with Gasteiger partial charge in [0.2, 0.25) is 5.91 Å². The van der Waals surface area contributed by atoms with Gasteiger partial charge in [-0.25, -0.2) is 0 Å². The Labute approximate surface area is 213 Å². The quantitative estimate of drug-likeness (QED) is 0.486. The number of rotatable bonds is 7. The van der Waals surface area contributed by atoms with Crippen LogP contribution in [0.5, 0.6) is 5.75 Å². The minimum absolute atomic E-state index is 0.0194. The van der Waals surface area contributed by atoms with Crippen molar-refractivity contribution in [3.05, 3.63) is 54.4 Å². The van der Waals surface area contributed by atoms with Crippen LogP contribution >= 0.6 is 11.8 Å². The molecule has 0 unspecified atom stereocenters. The van der Waals surface area contributed by atoms with E-state index >= 15 is 0 Å². The summed E-state index contributed by atoms with van der Waals surface area (Å²) in [6.07, 6.45) is 0. The van der Waals surface area contributed by atoms with Crippen LogP contribution < -0.4 is 19.9 Å². The van der Waals surface area contributed by atoms with Crippen LogP contribution in [0.15, 0.2) is 53.7 Å². The van der Waals surface area contributed by atoms with Crippen molar-refractivity contribution in [1.82, 2.24) is 14.8 Å². The summed E-state index contributed by atoms with van der Waals surface area (Å²) in [7, 11) is 1.84. The fraction of sp³-hybridized carbons (Fsp3) is 0.360. The second kappa shape index (κ2) is 10.6. The van der Waals surface area contributed by atoms with Crippen molar-refractivity contribution in [2.45, 2.75) is 18.1 Å². The van der Waals surface area contributed by atoms with E-state index in [0.717, 1.165) is 37.7 Å². The maximum Gasteiger partial charge on any atom is 0.265 e. The van der Waals surface area contributed by atoms with E-state index in [1.165, 1.54) is 11.8 Å². The molecule has 3 heterocycles. The van der Waals surface area contributed by atoms with Gasteiger partial charge in [-0.1, -0.05) is 23.9 Å². The molecule has 0 radical (unpaired) electrons. The van der Waals surface area contributed by atoms with Crippen molar-refractivity contribution in [3.8, 4) is 5.75 Å². The van der Waals surface area contributed by atoms with Gasteiger partial charge in [0.15, 0.2) is 17.6 Å². The zero-order valence-corrected chi connectivity index (χ0v) is 21.0. The number of hydrogen-bond acceptors (Lipinski definition) is 8. The minimum Gasteiger partial charge on any atom is -0.482 e. The van der Waals surface area contributed by atoms with Crippen LogP contribution in [0.3, 0.4) is 0 Å². The molecule has 1 fully saturated rings. The molecule has 5 rings (SSSR count). The molecule has 0 saturated carbocycles. The summed E-state index contributed by atoms with van der Waals surface area (Å²) >= 11 is 1.30. The van der Waals surface area contributed by atoms with Gasteiger partial charge in [0, 0.05) is 31.5 Å². The molecule has 2 amide bonds. The largest absolute Gasteiger partial charge is 0.482 e. The number of fused-ring (bicyclic) bond motifs is 1. The lowest BCUT2D eigenvalue weighted by atomic mass is 10.1. The van der Waals surface area contributed by atoms with Crippen LogP contribution in [0.1, 0.15) is 18.8 Å². The molecule has 2 aliphatic rings. The third-order valence-electron chi connectivity index (χ3n) is 6.23. The number of carbonyl (C=O) groups excluding carboxylic acids is 2. The van der Waals surface area contributed by atoms with Crippen molar-refractivity contribution in [3.63, 3.8) is 0 Å². The summed E-state index contributed by atoms with van der Waals surface area (Å²) in [4.78, 5) is 29.2. The van der Waals surface area contributed by atoms with Gasteiger partial charge >= 0.3 is 0 Å². The number of nitrogens with zero attached hydrogens (tertiary/aromatic N) is 5. The molecule has 11 heteroatoms. The fourth-order valence-electron chi connectivity index (χ4n) is 4.38. The van der Waals surface area contributed by atoms with Gasteiger partial charge in [0.25, 0.3) is 5.91 Å². The maximum absolute atomic E-state index is 12.7. The van der Waals surface area contributed by atoms with Crippen LogP contribution in [0.25, 0.3) is 0 Å². The Kier molecular flexibility index (Phi) is 7.10. The van der Waals surface area contributed by atoms with E-state index in [1.807, 2.05) is 67.1 Å². The highest BCUT2D eigenvalue weighted by Gasteiger charge is 2.32. The topological polar surface area (TPSA) is 102 Å². The number of amides is 2. The van der Waals surface area contributed by atoms with Crippen LogP contribution in [-0.4, -0.2) is 65.2 Å². The first-order valence-electron chi connectivity index (χ1n) is 11.8. The Morgan fingerprint density at radius 3 is 2.64 bits per heavy atom. The Bertz CT molecular complexity index is 1240. The number of thioether (sulfide) groups is 1. The number of aromatic nitrogens is 3. The first kappa shape index (κ1) is 24.1. The smallest absolute Gasteiger partial charge is 0.265 e. The molecule has 3 aromatic rings. The summed E-state index contributed by atoms with van der Waals surface area (Å²) in [6.45, 7) is 5.09. The monoisotopic (exact) mass is 508 g/mol. The average Bonchev–Trinajstić information content (AvgIpc) is 3.28. The molecular formula is C25H28N6O4S. The first-order valence-corrected chi connectivity index (χ1v) is 12.8. The lowest BCUT2D eigenvalue weighted by Gasteiger charge is -2.33. The molecule has 0 bridgehead atoms. The normalized spacial score (nSPS) is 16.3. The second-order valence-corrected chi connectivity index (χ2v) is 9.52. The van der Waals surface area contributed by atoms with Crippen LogP contribution in [0.2, 0.25) is 0 Å². The highest BCUT2D eigenvalue weighted by atomic mass is 32.2. The number of morpholine rings is 1. The minimum atomic E-state index is -0.354. The summed E-state index contributed by atoms with van der Waals surface area (Å²) in [5.74, 6) is 1.20. The number of hydrogen-bond donors (Lipinski definition) is 1. The molecule has 2 aliphatic heterocycles. The number of anilines is 3. The van der Waals surface area contributed by atoms with Crippen molar-refractivity contribution in [2.24, 2.45) is 7.05 Å². The lowest BCUT2D eigenvalue weighted by molar-refractivity contribution is -0.121. The van der Waals surface area contributed by atoms with E-state index in [9.17, 15) is 9.59 Å². The maximum atomic E-state index is 12.7. The predicted molar refractivity (Wildman–Crippen MR) is 138 cm³/mol. The Morgan fingerprint density at radius 2 is 1.86 bits per heavy atom. The molecule has 10 nitrogen and oxygen atoms in total. The van der Waals surface area contributed by atoms with Crippen molar-refractivity contribution >= 4 is 40.6 Å². The van der Waals surface area contributed by atoms with E-state index in [2.05, 4.69) is 20.4 Å². The van der Waals surface area contributed by atoms with Gasteiger partial charge in [-0.2, -0.15) is 0 Å². The third-order valence-corrected chi connectivity index (χ3v) is 7.25. The van der Waals surface area contributed by atoms with Gasteiger partial charge in [0.1, 0.15) is 5.75 Å². The van der Waals surface area contributed by atoms with E-state index in [0.29, 0.717) is 22.4 Å². The lowest BCUT2D eigenvalue weighted by Crippen LogP contribution is -2.41. The zero-order chi connectivity index (χ0) is 25.1. The summed E-state index contributed by atoms with van der Waals surface area (Å²) < 4.78 is 12.8.